The Hall–Kier alpha value is -1.80. The molecule has 0 N–H and O–H groups in total. The third-order valence-corrected chi connectivity index (χ3v) is 3.56. The van der Waals surface area contributed by atoms with E-state index >= 15 is 0 Å². The number of hydrogen-bond donors (Lipinski definition) is 0. The van der Waals surface area contributed by atoms with Crippen LogP contribution in [0.3, 0.4) is 0 Å². The van der Waals surface area contributed by atoms with Crippen molar-refractivity contribution in [2.75, 3.05) is 11.9 Å². The monoisotopic (exact) mass is 273 g/mol. The van der Waals surface area contributed by atoms with Gasteiger partial charge < -0.3 is 4.90 Å². The van der Waals surface area contributed by atoms with Gasteiger partial charge in [0.05, 0.1) is 0 Å². The molecule has 19 heavy (non-hydrogen) atoms. The molecular formula is C16H16ClNO. The molecule has 0 aliphatic carbocycles. The summed E-state index contributed by atoms with van der Waals surface area (Å²) >= 11 is 6.26. The number of nitrogens with zero attached hydrogens (tertiary/aromatic N) is 1. The molecular weight excluding hydrogens is 258 g/mol. The van der Waals surface area contributed by atoms with Crippen LogP contribution in [0.5, 0.6) is 0 Å². The van der Waals surface area contributed by atoms with Crippen molar-refractivity contribution in [1.29, 1.82) is 0 Å². The lowest BCUT2D eigenvalue weighted by Crippen LogP contribution is -2.30. The molecule has 0 saturated carbocycles. The molecule has 3 heteroatoms. The molecule has 0 radical (unpaired) electrons. The van der Waals surface area contributed by atoms with E-state index in [4.69, 9.17) is 11.6 Å². The van der Waals surface area contributed by atoms with Crippen LogP contribution in [-0.4, -0.2) is 13.0 Å². The zero-order valence-electron chi connectivity index (χ0n) is 11.0. The lowest BCUT2D eigenvalue weighted by atomic mass is 10.1. The third kappa shape index (κ3) is 2.96. The molecule has 0 bridgehead atoms. The van der Waals surface area contributed by atoms with Crippen LogP contribution >= 0.6 is 11.6 Å². The molecule has 0 unspecified atom stereocenters. The van der Waals surface area contributed by atoms with Crippen LogP contribution in [0.2, 0.25) is 0 Å². The minimum Gasteiger partial charge on any atom is -0.314 e. The molecule has 1 amide bonds. The Labute approximate surface area is 118 Å². The predicted octanol–water partition coefficient (Wildman–Crippen LogP) is 3.94. The number of carbonyl (C=O) groups excluding carboxylic acids is 1. The zero-order valence-corrected chi connectivity index (χ0v) is 11.8. The second-order valence-electron chi connectivity index (χ2n) is 4.46. The van der Waals surface area contributed by atoms with E-state index in [9.17, 15) is 4.79 Å². The molecule has 2 rings (SSSR count). The lowest BCUT2D eigenvalue weighted by Gasteiger charge is -2.22. The maximum Gasteiger partial charge on any atom is 0.249 e. The quantitative estimate of drug-likeness (QED) is 0.776. The molecule has 0 aromatic heterocycles. The number of carbonyl (C=O) groups is 1. The van der Waals surface area contributed by atoms with Crippen LogP contribution in [-0.2, 0) is 4.79 Å². The summed E-state index contributed by atoms with van der Waals surface area (Å²) in [4.78, 5) is 14.0. The average Bonchev–Trinajstić information content (AvgIpc) is 2.46. The molecule has 0 fully saturated rings. The first-order valence-corrected chi connectivity index (χ1v) is 6.57. The number of alkyl halides is 1. The van der Waals surface area contributed by atoms with Crippen LogP contribution in [0.1, 0.15) is 16.5 Å². The number of hydrogen-bond acceptors (Lipinski definition) is 1. The molecule has 0 spiro atoms. The van der Waals surface area contributed by atoms with Gasteiger partial charge in [-0.3, -0.25) is 4.79 Å². The van der Waals surface area contributed by atoms with E-state index in [1.807, 2.05) is 61.5 Å². The summed E-state index contributed by atoms with van der Waals surface area (Å²) < 4.78 is 0. The first kappa shape index (κ1) is 13.6. The number of benzene rings is 2. The highest BCUT2D eigenvalue weighted by Gasteiger charge is 2.22. The Morgan fingerprint density at radius 1 is 1.05 bits per heavy atom. The maximum atomic E-state index is 12.4. The largest absolute Gasteiger partial charge is 0.314 e. The number of aryl methyl sites for hydroxylation is 1. The number of amides is 1. The van der Waals surface area contributed by atoms with Gasteiger partial charge in [-0.05, 0) is 24.1 Å². The van der Waals surface area contributed by atoms with E-state index in [1.165, 1.54) is 0 Å². The van der Waals surface area contributed by atoms with Crippen molar-refractivity contribution in [3.05, 3.63) is 65.7 Å². The summed E-state index contributed by atoms with van der Waals surface area (Å²) in [7, 11) is 1.75. The van der Waals surface area contributed by atoms with E-state index in [2.05, 4.69) is 0 Å². The molecule has 1 atom stereocenters. The second kappa shape index (κ2) is 5.89. The van der Waals surface area contributed by atoms with Crippen LogP contribution in [0.25, 0.3) is 0 Å². The smallest absolute Gasteiger partial charge is 0.249 e. The molecule has 0 heterocycles. The number of para-hydroxylation sites is 1. The minimum atomic E-state index is -0.661. The Morgan fingerprint density at radius 2 is 1.63 bits per heavy atom. The van der Waals surface area contributed by atoms with E-state index < -0.39 is 5.38 Å². The number of likely N-dealkylation sites (N-methyl/N-ethyl adjacent to an activating group) is 1. The van der Waals surface area contributed by atoms with Crippen molar-refractivity contribution in [3.8, 4) is 0 Å². The van der Waals surface area contributed by atoms with Gasteiger partial charge in [0.1, 0.15) is 5.38 Å². The predicted molar refractivity (Wildman–Crippen MR) is 79.6 cm³/mol. The fourth-order valence-corrected chi connectivity index (χ4v) is 2.28. The summed E-state index contributed by atoms with van der Waals surface area (Å²) in [5.41, 5.74) is 2.75. The van der Waals surface area contributed by atoms with E-state index in [0.717, 1.165) is 16.8 Å². The summed E-state index contributed by atoms with van der Waals surface area (Å²) in [5, 5.41) is -0.661. The molecule has 0 aliphatic rings. The van der Waals surface area contributed by atoms with Crippen molar-refractivity contribution < 1.29 is 4.79 Å². The van der Waals surface area contributed by atoms with Gasteiger partial charge in [0, 0.05) is 12.7 Å². The highest BCUT2D eigenvalue weighted by molar-refractivity contribution is 6.32. The Balaban J connectivity index is 2.23. The van der Waals surface area contributed by atoms with E-state index in [1.54, 1.807) is 11.9 Å². The highest BCUT2D eigenvalue weighted by Crippen LogP contribution is 2.26. The number of rotatable bonds is 3. The molecule has 2 aromatic rings. The molecule has 98 valence electrons. The first-order chi connectivity index (χ1) is 9.11. The van der Waals surface area contributed by atoms with Crippen LogP contribution in [0, 0.1) is 6.92 Å². The van der Waals surface area contributed by atoms with Crippen LogP contribution < -0.4 is 4.90 Å². The van der Waals surface area contributed by atoms with Crippen molar-refractivity contribution in [1.82, 2.24) is 0 Å². The summed E-state index contributed by atoms with van der Waals surface area (Å²) in [6, 6.07) is 17.2. The van der Waals surface area contributed by atoms with Crippen molar-refractivity contribution in [2.45, 2.75) is 12.3 Å². The normalized spacial score (nSPS) is 11.9. The second-order valence-corrected chi connectivity index (χ2v) is 4.89. The molecule has 0 aliphatic heterocycles. The molecule has 2 aromatic carbocycles. The van der Waals surface area contributed by atoms with Gasteiger partial charge in [-0.1, -0.05) is 48.5 Å². The van der Waals surface area contributed by atoms with E-state index in [0.29, 0.717) is 0 Å². The zero-order chi connectivity index (χ0) is 13.8. The van der Waals surface area contributed by atoms with Gasteiger partial charge >= 0.3 is 0 Å². The van der Waals surface area contributed by atoms with Crippen molar-refractivity contribution in [2.24, 2.45) is 0 Å². The summed E-state index contributed by atoms with van der Waals surface area (Å²) in [5.74, 6) is -0.123. The van der Waals surface area contributed by atoms with Gasteiger partial charge in [-0.25, -0.2) is 0 Å². The Morgan fingerprint density at radius 3 is 2.26 bits per heavy atom. The minimum absolute atomic E-state index is 0.123. The maximum absolute atomic E-state index is 12.4. The highest BCUT2D eigenvalue weighted by atomic mass is 35.5. The van der Waals surface area contributed by atoms with E-state index in [-0.39, 0.29) is 5.91 Å². The fourth-order valence-electron chi connectivity index (χ4n) is 1.99. The summed E-state index contributed by atoms with van der Waals surface area (Å²) in [6.07, 6.45) is 0. The molecule has 0 saturated heterocycles. The van der Waals surface area contributed by atoms with Crippen molar-refractivity contribution >= 4 is 23.2 Å². The van der Waals surface area contributed by atoms with Crippen LogP contribution in [0.15, 0.2) is 54.6 Å². The SMILES string of the molecule is Cc1ccccc1N(C)C(=O)[C@H](Cl)c1ccccc1. The average molecular weight is 274 g/mol. The fraction of sp³-hybridized carbons (Fsp3) is 0.188. The van der Waals surface area contributed by atoms with Gasteiger partial charge in [0.2, 0.25) is 5.91 Å². The van der Waals surface area contributed by atoms with Crippen LogP contribution in [0.4, 0.5) is 5.69 Å². The standard InChI is InChI=1S/C16H16ClNO/c1-12-8-6-7-11-14(12)18(2)16(19)15(17)13-9-4-3-5-10-13/h3-11,15H,1-2H3/t15-/m1/s1. The Bertz CT molecular complexity index is 568. The summed E-state index contributed by atoms with van der Waals surface area (Å²) in [6.45, 7) is 1.98. The van der Waals surface area contributed by atoms with Crippen molar-refractivity contribution in [3.63, 3.8) is 0 Å². The first-order valence-electron chi connectivity index (χ1n) is 6.13. The number of anilines is 1. The van der Waals surface area contributed by atoms with Gasteiger partial charge in [0.15, 0.2) is 0 Å². The van der Waals surface area contributed by atoms with Gasteiger partial charge in [0.25, 0.3) is 0 Å². The lowest BCUT2D eigenvalue weighted by molar-refractivity contribution is -0.118. The topological polar surface area (TPSA) is 20.3 Å². The number of halogens is 1. The molecule has 2 nitrogen and oxygen atoms in total. The third-order valence-electron chi connectivity index (χ3n) is 3.12. The van der Waals surface area contributed by atoms with Gasteiger partial charge in [-0.15, -0.1) is 11.6 Å². The Kier molecular flexibility index (Phi) is 4.23. The van der Waals surface area contributed by atoms with Gasteiger partial charge in [-0.2, -0.15) is 0 Å².